The van der Waals surface area contributed by atoms with Crippen LogP contribution in [0.2, 0.25) is 0 Å². The van der Waals surface area contributed by atoms with Gasteiger partial charge in [-0.2, -0.15) is 5.10 Å². The van der Waals surface area contributed by atoms with E-state index in [0.29, 0.717) is 11.3 Å². The maximum Gasteiger partial charge on any atom is 0.0810 e. The van der Waals surface area contributed by atoms with Crippen molar-refractivity contribution >= 4 is 6.08 Å². The quantitative estimate of drug-likeness (QED) is 0.739. The van der Waals surface area contributed by atoms with Crippen molar-refractivity contribution in [2.24, 2.45) is 41.5 Å². The molecule has 0 saturated heterocycles. The summed E-state index contributed by atoms with van der Waals surface area (Å²) in [4.78, 5) is 0. The molecule has 7 atom stereocenters. The smallest absolute Gasteiger partial charge is 0.0810 e. The number of nitrogens with zero attached hydrogens (tertiary/aromatic N) is 2. The Morgan fingerprint density at radius 2 is 1.93 bits per heavy atom. The molecule has 1 N–H and O–H groups in total. The molecule has 0 radical (unpaired) electrons. The third-order valence-electron chi connectivity index (χ3n) is 9.64. The third-order valence-corrected chi connectivity index (χ3v) is 9.64. The van der Waals surface area contributed by atoms with Crippen molar-refractivity contribution in [2.75, 3.05) is 0 Å². The second kappa shape index (κ2) is 6.20. The molecule has 0 spiro atoms. The maximum absolute atomic E-state index is 11.3. The molecule has 0 bridgehead atoms. The molecule has 0 aliphatic heterocycles. The molecule has 4 saturated carbocycles. The van der Waals surface area contributed by atoms with E-state index < -0.39 is 0 Å². The lowest BCUT2D eigenvalue weighted by Crippen LogP contribution is -2.53. The number of aryl methyl sites for hydroxylation is 1. The van der Waals surface area contributed by atoms with Gasteiger partial charge < -0.3 is 5.11 Å². The van der Waals surface area contributed by atoms with E-state index in [9.17, 15) is 5.11 Å². The molecule has 1 heterocycles. The highest BCUT2D eigenvalue weighted by molar-refractivity contribution is 5.52. The van der Waals surface area contributed by atoms with Crippen molar-refractivity contribution in [3.8, 4) is 0 Å². The van der Waals surface area contributed by atoms with Gasteiger partial charge in [-0.25, -0.2) is 0 Å². The first-order valence-electron chi connectivity index (χ1n) is 11.3. The fourth-order valence-corrected chi connectivity index (χ4v) is 8.01. The molecule has 0 unspecified atom stereocenters. The van der Waals surface area contributed by atoms with Crippen LogP contribution in [0.1, 0.15) is 77.3 Å². The van der Waals surface area contributed by atoms with Gasteiger partial charge in [0.15, 0.2) is 0 Å². The fraction of sp³-hybridized carbons (Fsp3) is 0.792. The summed E-state index contributed by atoms with van der Waals surface area (Å²) in [5, 5.41) is 15.6. The molecule has 5 rings (SSSR count). The van der Waals surface area contributed by atoms with Crippen LogP contribution in [0.15, 0.2) is 17.8 Å². The molecule has 4 aliphatic rings. The zero-order valence-electron chi connectivity index (χ0n) is 17.3. The highest BCUT2D eigenvalue weighted by Crippen LogP contribution is 2.66. The largest absolute Gasteiger partial charge is 0.388 e. The molecule has 0 amide bonds. The Bertz CT molecular complexity index is 751. The van der Waals surface area contributed by atoms with Gasteiger partial charge in [0.1, 0.15) is 0 Å². The lowest BCUT2D eigenvalue weighted by atomic mass is 9.45. The van der Waals surface area contributed by atoms with Crippen LogP contribution >= 0.6 is 0 Å². The van der Waals surface area contributed by atoms with Crippen LogP contribution in [0, 0.1) is 34.5 Å². The predicted octanol–water partition coefficient (Wildman–Crippen LogP) is 5.21. The second-order valence-electron chi connectivity index (χ2n) is 10.7. The number of hydrogen-bond donors (Lipinski definition) is 1. The van der Waals surface area contributed by atoms with Crippen LogP contribution in [0.3, 0.4) is 0 Å². The van der Waals surface area contributed by atoms with Gasteiger partial charge in [-0.3, -0.25) is 4.68 Å². The molecule has 4 aliphatic carbocycles. The van der Waals surface area contributed by atoms with E-state index in [1.54, 1.807) is 0 Å². The Hall–Kier alpha value is -1.09. The minimum Gasteiger partial charge on any atom is -0.388 e. The monoisotopic (exact) mass is 368 g/mol. The van der Waals surface area contributed by atoms with Crippen LogP contribution < -0.4 is 0 Å². The number of rotatable bonds is 1. The molecule has 148 valence electrons. The molecule has 3 nitrogen and oxygen atoms in total. The first-order chi connectivity index (χ1) is 12.9. The summed E-state index contributed by atoms with van der Waals surface area (Å²) in [6, 6.07) is 2.06. The molecule has 4 fully saturated rings. The SMILES string of the molecule is Cn1nccc1/C=C1/C[C@H]2[C@@H]3CC[C@@H]4CCCC[C@]4(C)[C@H]3CC[C@]2(C)[C@@H]1O. The average Bonchev–Trinajstić information content (AvgIpc) is 3.17. The minimum atomic E-state index is -0.282. The summed E-state index contributed by atoms with van der Waals surface area (Å²) >= 11 is 0. The number of hydrogen-bond acceptors (Lipinski definition) is 2. The summed E-state index contributed by atoms with van der Waals surface area (Å²) in [5.41, 5.74) is 3.01. The lowest BCUT2D eigenvalue weighted by Gasteiger charge is -2.60. The van der Waals surface area contributed by atoms with Crippen molar-refractivity contribution in [1.82, 2.24) is 9.78 Å². The fourth-order valence-electron chi connectivity index (χ4n) is 8.01. The predicted molar refractivity (Wildman–Crippen MR) is 109 cm³/mol. The zero-order valence-corrected chi connectivity index (χ0v) is 17.3. The van der Waals surface area contributed by atoms with Crippen LogP contribution in [-0.2, 0) is 7.05 Å². The molecular formula is C24H36N2O. The van der Waals surface area contributed by atoms with Crippen molar-refractivity contribution in [3.05, 3.63) is 23.5 Å². The Kier molecular flexibility index (Phi) is 4.13. The van der Waals surface area contributed by atoms with Gasteiger partial charge in [0.2, 0.25) is 0 Å². The number of aliphatic hydroxyl groups is 1. The minimum absolute atomic E-state index is 0.0729. The first kappa shape index (κ1) is 18.0. The Morgan fingerprint density at radius 1 is 1.07 bits per heavy atom. The van der Waals surface area contributed by atoms with Crippen molar-refractivity contribution < 1.29 is 5.11 Å². The van der Waals surface area contributed by atoms with E-state index in [4.69, 9.17) is 0 Å². The maximum atomic E-state index is 11.3. The van der Waals surface area contributed by atoms with Gasteiger partial charge in [0.05, 0.1) is 11.8 Å². The van der Waals surface area contributed by atoms with E-state index in [1.807, 2.05) is 17.9 Å². The number of fused-ring (bicyclic) bond motifs is 5. The van der Waals surface area contributed by atoms with Gasteiger partial charge in [-0.05, 0) is 91.7 Å². The highest BCUT2D eigenvalue weighted by Gasteiger charge is 2.60. The van der Waals surface area contributed by atoms with Crippen LogP contribution in [-0.4, -0.2) is 21.0 Å². The van der Waals surface area contributed by atoms with Gasteiger partial charge in [-0.1, -0.05) is 26.7 Å². The van der Waals surface area contributed by atoms with E-state index in [1.165, 1.54) is 56.9 Å². The molecule has 0 aromatic carbocycles. The standard InChI is InChI=1S/C24H36N2O/c1-23-11-5-4-6-17(23)7-8-19-20(23)9-12-24(2)21(19)15-16(22(24)27)14-18-10-13-25-26(18)3/h10,13-14,17,19-22,27H,4-9,11-12,15H2,1-3H3/b16-14-/t17-,19+,20-,21-,22+,23-,24-/m0/s1. The first-order valence-corrected chi connectivity index (χ1v) is 11.3. The summed E-state index contributed by atoms with van der Waals surface area (Å²) in [5.74, 6) is 3.33. The topological polar surface area (TPSA) is 38.0 Å². The van der Waals surface area contributed by atoms with E-state index in [0.717, 1.165) is 29.9 Å². The van der Waals surface area contributed by atoms with E-state index in [2.05, 4.69) is 31.1 Å². The van der Waals surface area contributed by atoms with Gasteiger partial charge in [0.25, 0.3) is 0 Å². The normalized spacial score (nSPS) is 48.1. The molecule has 27 heavy (non-hydrogen) atoms. The average molecular weight is 369 g/mol. The van der Waals surface area contributed by atoms with Crippen molar-refractivity contribution in [1.29, 1.82) is 0 Å². The highest BCUT2D eigenvalue weighted by atomic mass is 16.3. The Labute approximate surface area is 164 Å². The molecule has 3 heteroatoms. The number of aromatic nitrogens is 2. The zero-order chi connectivity index (χ0) is 18.8. The summed E-state index contributed by atoms with van der Waals surface area (Å²) < 4.78 is 1.92. The van der Waals surface area contributed by atoms with Crippen molar-refractivity contribution in [3.63, 3.8) is 0 Å². The Balaban J connectivity index is 1.47. The van der Waals surface area contributed by atoms with Gasteiger partial charge in [-0.15, -0.1) is 0 Å². The molecule has 1 aromatic rings. The van der Waals surface area contributed by atoms with E-state index in [-0.39, 0.29) is 11.5 Å². The number of aliphatic hydroxyl groups excluding tert-OH is 1. The van der Waals surface area contributed by atoms with E-state index >= 15 is 0 Å². The molecular weight excluding hydrogens is 332 g/mol. The molecule has 1 aromatic heterocycles. The lowest BCUT2D eigenvalue weighted by molar-refractivity contribution is -0.119. The van der Waals surface area contributed by atoms with Gasteiger partial charge in [0, 0.05) is 18.7 Å². The second-order valence-corrected chi connectivity index (χ2v) is 10.7. The van der Waals surface area contributed by atoms with Gasteiger partial charge >= 0.3 is 0 Å². The van der Waals surface area contributed by atoms with Crippen molar-refractivity contribution in [2.45, 2.75) is 77.7 Å². The summed E-state index contributed by atoms with van der Waals surface area (Å²) in [6.45, 7) is 5.02. The summed E-state index contributed by atoms with van der Waals surface area (Å²) in [7, 11) is 1.99. The van der Waals surface area contributed by atoms with Crippen LogP contribution in [0.5, 0.6) is 0 Å². The van der Waals surface area contributed by atoms with Crippen LogP contribution in [0.25, 0.3) is 6.08 Å². The third kappa shape index (κ3) is 2.53. The van der Waals surface area contributed by atoms with Crippen LogP contribution in [0.4, 0.5) is 0 Å². The Morgan fingerprint density at radius 3 is 2.70 bits per heavy atom. The summed E-state index contributed by atoms with van der Waals surface area (Å²) in [6.07, 6.45) is 16.1.